The van der Waals surface area contributed by atoms with Gasteiger partial charge in [-0.2, -0.15) is 5.10 Å². The zero-order valence-corrected chi connectivity index (χ0v) is 14.1. The molecule has 8 heteroatoms. The Bertz CT molecular complexity index is 887. The maximum absolute atomic E-state index is 12.5. The highest BCUT2D eigenvalue weighted by atomic mass is 16.4. The predicted octanol–water partition coefficient (Wildman–Crippen LogP) is 1.87. The van der Waals surface area contributed by atoms with Crippen molar-refractivity contribution in [2.45, 2.75) is 25.9 Å². The molecule has 1 aliphatic rings. The Morgan fingerprint density at radius 3 is 2.73 bits per heavy atom. The zero-order valence-electron chi connectivity index (χ0n) is 14.1. The first-order valence-electron chi connectivity index (χ1n) is 8.05. The third-order valence-corrected chi connectivity index (χ3v) is 4.05. The number of carbonyl (C=O) groups excluding carboxylic acids is 2. The average molecular weight is 354 g/mol. The zero-order chi connectivity index (χ0) is 18.7. The van der Waals surface area contributed by atoms with E-state index in [0.29, 0.717) is 0 Å². The molecule has 1 aromatic heterocycles. The number of nitrogens with one attached hydrogen (secondary N) is 1. The average Bonchev–Trinajstić information content (AvgIpc) is 3.00. The number of carboxylic acids is 1. The van der Waals surface area contributed by atoms with E-state index in [2.05, 4.69) is 10.4 Å². The van der Waals surface area contributed by atoms with Crippen molar-refractivity contribution in [3.8, 4) is 0 Å². The molecule has 0 bridgehead atoms. The van der Waals surface area contributed by atoms with Gasteiger partial charge >= 0.3 is 5.97 Å². The second kappa shape index (κ2) is 7.22. The fourth-order valence-electron chi connectivity index (χ4n) is 2.94. The number of aliphatic carboxylic acids is 1. The fourth-order valence-corrected chi connectivity index (χ4v) is 2.94. The molecule has 2 amide bonds. The summed E-state index contributed by atoms with van der Waals surface area (Å²) in [6.07, 6.45) is 5.07. The van der Waals surface area contributed by atoms with Crippen molar-refractivity contribution in [2.75, 3.05) is 5.32 Å². The number of nitrogens with zero attached hydrogens (tertiary/aromatic N) is 3. The number of benzene rings is 1. The summed E-state index contributed by atoms with van der Waals surface area (Å²) in [7, 11) is 0. The van der Waals surface area contributed by atoms with Crippen molar-refractivity contribution in [3.05, 3.63) is 53.9 Å². The van der Waals surface area contributed by atoms with Gasteiger partial charge in [-0.3, -0.25) is 19.1 Å². The van der Waals surface area contributed by atoms with Crippen molar-refractivity contribution in [1.82, 2.24) is 14.7 Å². The van der Waals surface area contributed by atoms with Crippen LogP contribution in [0, 0.1) is 0 Å². The lowest BCUT2D eigenvalue weighted by Gasteiger charge is -2.32. The minimum Gasteiger partial charge on any atom is -0.480 e. The van der Waals surface area contributed by atoms with E-state index in [0.717, 1.165) is 11.1 Å². The molecule has 134 valence electrons. The van der Waals surface area contributed by atoms with Crippen LogP contribution in [0.3, 0.4) is 0 Å². The van der Waals surface area contributed by atoms with E-state index in [-0.39, 0.29) is 30.6 Å². The minimum absolute atomic E-state index is 0.0622. The summed E-state index contributed by atoms with van der Waals surface area (Å²) in [4.78, 5) is 36.6. The number of aromatic nitrogens is 2. The van der Waals surface area contributed by atoms with Crippen molar-refractivity contribution in [2.24, 2.45) is 0 Å². The number of rotatable bonds is 5. The number of carbonyl (C=O) groups is 3. The molecule has 0 unspecified atom stereocenters. The number of fused-ring (bicyclic) bond motifs is 1. The van der Waals surface area contributed by atoms with Crippen LogP contribution in [0.1, 0.15) is 30.5 Å². The molecule has 0 saturated heterocycles. The van der Waals surface area contributed by atoms with Crippen LogP contribution < -0.4 is 5.32 Å². The second-order valence-corrected chi connectivity index (χ2v) is 5.93. The molecule has 3 rings (SSSR count). The molecule has 1 aliphatic heterocycles. The monoisotopic (exact) mass is 354 g/mol. The Labute approximate surface area is 149 Å². The van der Waals surface area contributed by atoms with E-state index in [4.69, 9.17) is 5.11 Å². The van der Waals surface area contributed by atoms with E-state index in [1.165, 1.54) is 28.8 Å². The van der Waals surface area contributed by atoms with Crippen LogP contribution in [-0.4, -0.2) is 37.6 Å². The minimum atomic E-state index is -1.02. The molecule has 0 spiro atoms. The standard InChI is InChI=1S/C18H18N4O4/c1-12(23)22-9-6-13-4-2-3-5-14(13)15(22)10-17(24)19-16-7-8-21(20-16)11-18(25)26/h2-9,15H,10-11H2,1H3,(H,25,26)(H,19,20,24)/t15-/m0/s1. The Morgan fingerprint density at radius 1 is 1.23 bits per heavy atom. The summed E-state index contributed by atoms with van der Waals surface area (Å²) in [5.41, 5.74) is 1.87. The third kappa shape index (κ3) is 3.80. The van der Waals surface area contributed by atoms with Gasteiger partial charge in [-0.25, -0.2) is 0 Å². The Kier molecular flexibility index (Phi) is 4.83. The normalized spacial score (nSPS) is 15.4. The van der Waals surface area contributed by atoms with Crippen LogP contribution in [0.5, 0.6) is 0 Å². The SMILES string of the molecule is CC(=O)N1C=Cc2ccccc2[C@@H]1CC(=O)Nc1ccn(CC(=O)O)n1. The molecule has 2 heterocycles. The van der Waals surface area contributed by atoms with Crippen molar-refractivity contribution in [1.29, 1.82) is 0 Å². The van der Waals surface area contributed by atoms with Gasteiger partial charge in [0, 0.05) is 25.4 Å². The third-order valence-electron chi connectivity index (χ3n) is 4.05. The van der Waals surface area contributed by atoms with Crippen LogP contribution in [0.2, 0.25) is 0 Å². The smallest absolute Gasteiger partial charge is 0.325 e. The van der Waals surface area contributed by atoms with Gasteiger partial charge < -0.3 is 15.3 Å². The quantitative estimate of drug-likeness (QED) is 0.853. The Morgan fingerprint density at radius 2 is 2.00 bits per heavy atom. The Hall–Kier alpha value is -3.42. The van der Waals surface area contributed by atoms with Crippen LogP contribution in [0.25, 0.3) is 6.08 Å². The van der Waals surface area contributed by atoms with E-state index < -0.39 is 12.0 Å². The van der Waals surface area contributed by atoms with Crippen LogP contribution in [-0.2, 0) is 20.9 Å². The molecule has 1 atom stereocenters. The van der Waals surface area contributed by atoms with Crippen molar-refractivity contribution < 1.29 is 19.5 Å². The number of hydrogen-bond donors (Lipinski definition) is 2. The molecule has 2 N–H and O–H groups in total. The highest BCUT2D eigenvalue weighted by Gasteiger charge is 2.28. The lowest BCUT2D eigenvalue weighted by molar-refractivity contribution is -0.138. The molecular formula is C18H18N4O4. The molecule has 1 aromatic carbocycles. The molecule has 26 heavy (non-hydrogen) atoms. The lowest BCUT2D eigenvalue weighted by Crippen LogP contribution is -2.33. The van der Waals surface area contributed by atoms with Gasteiger partial charge in [-0.15, -0.1) is 0 Å². The van der Waals surface area contributed by atoms with E-state index in [9.17, 15) is 14.4 Å². The molecule has 0 radical (unpaired) electrons. The van der Waals surface area contributed by atoms with Gasteiger partial charge in [0.15, 0.2) is 5.82 Å². The Balaban J connectivity index is 1.74. The van der Waals surface area contributed by atoms with E-state index in [1.807, 2.05) is 30.3 Å². The summed E-state index contributed by atoms with van der Waals surface area (Å²) in [6, 6.07) is 8.72. The van der Waals surface area contributed by atoms with Gasteiger partial charge in [0.1, 0.15) is 6.54 Å². The number of anilines is 1. The second-order valence-electron chi connectivity index (χ2n) is 5.93. The highest BCUT2D eigenvalue weighted by molar-refractivity contribution is 5.91. The predicted molar refractivity (Wildman–Crippen MR) is 93.8 cm³/mol. The summed E-state index contributed by atoms with van der Waals surface area (Å²) in [6.45, 7) is 1.17. The van der Waals surface area contributed by atoms with Crippen molar-refractivity contribution in [3.63, 3.8) is 0 Å². The van der Waals surface area contributed by atoms with Gasteiger partial charge in [0.2, 0.25) is 11.8 Å². The number of amides is 2. The van der Waals surface area contributed by atoms with Gasteiger partial charge in [-0.05, 0) is 17.2 Å². The van der Waals surface area contributed by atoms with Crippen molar-refractivity contribution >= 4 is 29.7 Å². The van der Waals surface area contributed by atoms with Gasteiger partial charge in [0.25, 0.3) is 0 Å². The van der Waals surface area contributed by atoms with E-state index >= 15 is 0 Å². The molecule has 0 aliphatic carbocycles. The summed E-state index contributed by atoms with van der Waals surface area (Å²) in [5, 5.41) is 15.4. The first kappa shape index (κ1) is 17.4. The lowest BCUT2D eigenvalue weighted by atomic mass is 9.93. The summed E-state index contributed by atoms with van der Waals surface area (Å²) >= 11 is 0. The first-order valence-corrected chi connectivity index (χ1v) is 8.05. The number of hydrogen-bond acceptors (Lipinski definition) is 4. The van der Waals surface area contributed by atoms with Crippen LogP contribution >= 0.6 is 0 Å². The van der Waals surface area contributed by atoms with E-state index in [1.54, 1.807) is 6.20 Å². The molecule has 0 fully saturated rings. The molecule has 8 nitrogen and oxygen atoms in total. The van der Waals surface area contributed by atoms with Crippen LogP contribution in [0.4, 0.5) is 5.82 Å². The van der Waals surface area contributed by atoms with Gasteiger partial charge in [0.05, 0.1) is 12.5 Å². The van der Waals surface area contributed by atoms with Crippen LogP contribution in [0.15, 0.2) is 42.7 Å². The fraction of sp³-hybridized carbons (Fsp3) is 0.222. The summed E-state index contributed by atoms with van der Waals surface area (Å²) in [5.74, 6) is -1.22. The van der Waals surface area contributed by atoms with Gasteiger partial charge in [-0.1, -0.05) is 24.3 Å². The first-order chi connectivity index (χ1) is 12.4. The number of carboxylic acid groups (broad SMARTS) is 1. The molecular weight excluding hydrogens is 336 g/mol. The topological polar surface area (TPSA) is 105 Å². The largest absolute Gasteiger partial charge is 0.480 e. The molecule has 2 aromatic rings. The maximum atomic E-state index is 12.5. The summed E-state index contributed by atoms with van der Waals surface area (Å²) < 4.78 is 1.22. The highest BCUT2D eigenvalue weighted by Crippen LogP contribution is 2.32. The molecule has 0 saturated carbocycles. The maximum Gasteiger partial charge on any atom is 0.325 e.